The largest absolute Gasteiger partial charge is 0.458 e. The molecule has 0 radical (unpaired) electrons. The van der Waals surface area contributed by atoms with Crippen molar-refractivity contribution >= 4 is 172 Å². The lowest BCUT2D eigenvalue weighted by Gasteiger charge is -2.47. The van der Waals surface area contributed by atoms with E-state index in [1.54, 1.807) is 0 Å². The van der Waals surface area contributed by atoms with Gasteiger partial charge in [-0.3, -0.25) is 0 Å². The Hall–Kier alpha value is -14.1. The molecule has 6 heterocycles. The van der Waals surface area contributed by atoms with Crippen LogP contribution in [0.25, 0.3) is 0 Å². The Labute approximate surface area is 793 Å². The second-order valence-corrected chi connectivity index (χ2v) is 42.3. The highest BCUT2D eigenvalue weighted by Crippen LogP contribution is 2.55. The van der Waals surface area contributed by atoms with Crippen LogP contribution in [0.4, 0.5) is 102 Å². The minimum absolute atomic E-state index is 0.202. The van der Waals surface area contributed by atoms with Crippen molar-refractivity contribution in [1.29, 1.82) is 0 Å². The third-order valence-corrected chi connectivity index (χ3v) is 28.2. The number of ether oxygens (including phenoxy) is 3. The minimum Gasteiger partial charge on any atom is -0.458 e. The van der Waals surface area contributed by atoms with Crippen LogP contribution in [0, 0.1) is 125 Å². The Bertz CT molecular complexity index is 7420. The van der Waals surface area contributed by atoms with Gasteiger partial charge in [-0.2, -0.15) is 0 Å². The van der Waals surface area contributed by atoms with Crippen molar-refractivity contribution in [2.45, 2.75) is 177 Å². The van der Waals surface area contributed by atoms with Gasteiger partial charge >= 0.3 is 0 Å². The quantitative estimate of drug-likeness (QED) is 0.111. The van der Waals surface area contributed by atoms with Gasteiger partial charge in [0.2, 0.25) is 0 Å². The number of fused-ring (bicyclic) bond motifs is 12. The van der Waals surface area contributed by atoms with Crippen LogP contribution < -0.4 is 92.8 Å². The highest BCUT2D eigenvalue weighted by atomic mass is 16.5. The molecule has 16 aromatic carbocycles. The molecule has 0 saturated heterocycles. The van der Waals surface area contributed by atoms with Crippen molar-refractivity contribution in [2.75, 3.05) is 29.4 Å². The Balaban J connectivity index is 0.891. The first-order chi connectivity index (χ1) is 63.9. The van der Waals surface area contributed by atoms with Gasteiger partial charge in [-0.15, -0.1) is 0 Å². The average Bonchev–Trinajstić information content (AvgIpc) is 0.680. The molecule has 0 unspecified atom stereocenters. The number of aryl methyl sites for hydroxylation is 18. The first-order valence-electron chi connectivity index (χ1n) is 47.7. The topological polar surface area (TPSA) is 47.1 Å². The Kier molecular flexibility index (Phi) is 19.9. The van der Waals surface area contributed by atoms with Gasteiger partial charge in [0.25, 0.3) is 20.1 Å². The van der Waals surface area contributed by atoms with Gasteiger partial charge in [0.1, 0.15) is 34.5 Å². The van der Waals surface area contributed by atoms with Gasteiger partial charge in [0.05, 0.1) is 17.1 Å². The van der Waals surface area contributed by atoms with Gasteiger partial charge in [0.15, 0.2) is 0 Å². The first kappa shape index (κ1) is 85.4. The first-order valence-corrected chi connectivity index (χ1v) is 47.7. The van der Waals surface area contributed by atoms with E-state index in [1.165, 1.54) is 122 Å². The molecule has 0 fully saturated rings. The standard InChI is InChI=1S/C122H115B3N6O3/c1-68-29-69(2)39-88(38-68)126(89-40-70(3)30-71(4)41-89)97-58-109-118-110(59-97)131(96-54-84(17)37-85(18)55-96)108-67-114-105(125-104-57-87(122(22,23)24)26-28-113(104)133-116-62-99(63-117(134-114)120(116)125)128(92-46-76(9)33-77(10)47-92)93-48-78(11)34-79(12)49-93)65-102(108)123(118)100-64-101-107(66-106(100)129(109)94-50-80(13)35-81(14)51-94)130(95-52-82(15)36-83(16)53-95)111-60-98(61-115-119(111)124(101)103-56-86(121(19,20)21)25-27-112(103)132-115)127(90-42-72(5)31-73(6)43-90)91-44-74(7)32-75(8)45-91/h25-67H,1-24H3. The summed E-state index contributed by atoms with van der Waals surface area (Å²) in [6, 6.07) is 102. The maximum atomic E-state index is 8.09. The summed E-state index contributed by atoms with van der Waals surface area (Å²) in [5.74, 6) is 4.81. The lowest BCUT2D eigenvalue weighted by Crippen LogP contribution is -2.66. The number of nitrogens with zero attached hydrogens (tertiary/aromatic N) is 6. The van der Waals surface area contributed by atoms with Gasteiger partial charge in [-0.1, -0.05) is 133 Å². The molecular formula is C122H115B3N6O3. The number of rotatable bonds is 12. The number of hydrogen-bond donors (Lipinski definition) is 0. The molecule has 0 N–H and O–H groups in total. The predicted octanol–water partition coefficient (Wildman–Crippen LogP) is 27.5. The molecule has 0 atom stereocenters. The van der Waals surface area contributed by atoms with Crippen LogP contribution in [0.2, 0.25) is 0 Å². The monoisotopic (exact) mass is 1740 g/mol. The zero-order valence-corrected chi connectivity index (χ0v) is 82.0. The summed E-state index contributed by atoms with van der Waals surface area (Å²) in [7, 11) is 0. The van der Waals surface area contributed by atoms with Crippen LogP contribution in [-0.2, 0) is 10.8 Å². The number of hydrogen-bond acceptors (Lipinski definition) is 9. The molecule has 6 aliphatic rings. The molecule has 660 valence electrons. The summed E-state index contributed by atoms with van der Waals surface area (Å²) < 4.78 is 23.5. The normalized spacial score (nSPS) is 13.3. The van der Waals surface area contributed by atoms with Crippen molar-refractivity contribution in [2.24, 2.45) is 0 Å². The van der Waals surface area contributed by atoms with Gasteiger partial charge in [-0.05, 0) is 436 Å². The molecule has 0 aromatic heterocycles. The molecule has 12 heteroatoms. The van der Waals surface area contributed by atoms with E-state index in [4.69, 9.17) is 14.2 Å². The molecule has 22 rings (SSSR count). The summed E-state index contributed by atoms with van der Waals surface area (Å²) in [4.78, 5) is 15.3. The predicted molar refractivity (Wildman–Crippen MR) is 571 cm³/mol. The van der Waals surface area contributed by atoms with Crippen LogP contribution in [0.15, 0.2) is 261 Å². The number of benzene rings is 16. The molecule has 9 nitrogen and oxygen atoms in total. The summed E-state index contributed by atoms with van der Waals surface area (Å²) >= 11 is 0. The van der Waals surface area contributed by atoms with Crippen LogP contribution in [0.1, 0.15) is 153 Å². The number of anilines is 18. The van der Waals surface area contributed by atoms with Crippen molar-refractivity contribution in [3.63, 3.8) is 0 Å². The fourth-order valence-electron chi connectivity index (χ4n) is 23.4. The van der Waals surface area contributed by atoms with E-state index >= 15 is 0 Å². The zero-order valence-electron chi connectivity index (χ0n) is 82.0. The van der Waals surface area contributed by atoms with Crippen LogP contribution in [0.5, 0.6) is 34.5 Å². The second-order valence-electron chi connectivity index (χ2n) is 42.3. The fourth-order valence-corrected chi connectivity index (χ4v) is 23.4. The third kappa shape index (κ3) is 14.6. The molecule has 134 heavy (non-hydrogen) atoms. The van der Waals surface area contributed by atoms with E-state index in [1.807, 2.05) is 0 Å². The van der Waals surface area contributed by atoms with E-state index in [9.17, 15) is 0 Å². The van der Waals surface area contributed by atoms with E-state index in [0.29, 0.717) is 0 Å². The van der Waals surface area contributed by atoms with Crippen molar-refractivity contribution in [3.8, 4) is 34.5 Å². The molecule has 0 amide bonds. The Morgan fingerprint density at radius 3 is 0.716 bits per heavy atom. The van der Waals surface area contributed by atoms with Gasteiger partial charge in [-0.25, -0.2) is 0 Å². The summed E-state index contributed by atoms with van der Waals surface area (Å²) in [5.41, 5.74) is 52.5. The average molecular weight is 1750 g/mol. The maximum absolute atomic E-state index is 8.09. The van der Waals surface area contributed by atoms with Gasteiger partial charge < -0.3 is 43.6 Å². The highest BCUT2D eigenvalue weighted by molar-refractivity contribution is 7.04. The van der Waals surface area contributed by atoms with E-state index in [0.717, 1.165) is 175 Å². The third-order valence-electron chi connectivity index (χ3n) is 28.2. The van der Waals surface area contributed by atoms with Crippen LogP contribution >= 0.6 is 0 Å². The minimum atomic E-state index is -0.426. The second kappa shape index (κ2) is 31.3. The lowest BCUT2D eigenvalue weighted by molar-refractivity contribution is 0.464. The SMILES string of the molecule is Cc1cc(C)cc(N(c2cc(C)cc(C)c2)c2cc3c4c(c2)Oc2cc5c(cc2B4c2cc(C(C)(C)C)ccc2O3)B2c3cc4c(cc3N(c3cc(C)cc(C)c3)c3cc(N(c6cc(C)cc(C)c6)c6cc(C)cc(C)c6)cc(c32)N5c2cc(C)cc(C)c2)N(c2cc(C)cc(C)c2)c2cc(N(c3cc(C)cc(C)c3)c3cc(C)cc(C)c3)cc3c2B4c2cc(C(C)(C)C)ccc2O3)c1. The molecule has 0 spiro atoms. The maximum Gasteiger partial charge on any atom is 0.260 e. The fraction of sp³-hybridized carbons (Fsp3) is 0.213. The molecule has 0 bridgehead atoms. The molecule has 6 aliphatic heterocycles. The molecule has 0 saturated carbocycles. The van der Waals surface area contributed by atoms with Crippen molar-refractivity contribution in [3.05, 3.63) is 372 Å². The lowest BCUT2D eigenvalue weighted by atomic mass is 9.29. The van der Waals surface area contributed by atoms with Crippen LogP contribution in [0.3, 0.4) is 0 Å². The van der Waals surface area contributed by atoms with E-state index < -0.39 is 6.71 Å². The van der Waals surface area contributed by atoms with Crippen molar-refractivity contribution in [1.82, 2.24) is 0 Å². The summed E-state index contributed by atoms with van der Waals surface area (Å²) in [5, 5.41) is 0. The Morgan fingerprint density at radius 2 is 0.410 bits per heavy atom. The summed E-state index contributed by atoms with van der Waals surface area (Å²) in [6.45, 7) is 53.1. The zero-order chi connectivity index (χ0) is 93.3. The molecule has 16 aromatic rings. The highest BCUT2D eigenvalue weighted by Gasteiger charge is 2.52. The van der Waals surface area contributed by atoms with Crippen LogP contribution in [-0.4, -0.2) is 20.1 Å². The smallest absolute Gasteiger partial charge is 0.260 e. The Morgan fingerprint density at radius 1 is 0.187 bits per heavy atom. The molecule has 0 aliphatic carbocycles. The summed E-state index contributed by atoms with van der Waals surface area (Å²) in [6.07, 6.45) is 0. The van der Waals surface area contributed by atoms with Gasteiger partial charge in [0, 0.05) is 115 Å². The van der Waals surface area contributed by atoms with E-state index in [2.05, 4.69) is 456 Å². The van der Waals surface area contributed by atoms with Crippen molar-refractivity contribution < 1.29 is 14.2 Å². The van der Waals surface area contributed by atoms with E-state index in [-0.39, 0.29) is 24.3 Å². The molecular weight excluding hydrogens is 1630 g/mol.